The Morgan fingerprint density at radius 1 is 0.463 bits per heavy atom. The lowest BCUT2D eigenvalue weighted by atomic mass is 9.82. The van der Waals surface area contributed by atoms with Crippen molar-refractivity contribution in [2.75, 3.05) is 4.90 Å². The molecule has 0 spiro atoms. The van der Waals surface area contributed by atoms with Crippen LogP contribution in [0.2, 0.25) is 0 Å². The molecule has 10 aromatic rings. The standard InChI is InChI=1S/C50H34N2O2/c1-50(2)43-14-8-6-12-38(43)41-29-36(23-25-44(41)50)52(37-24-27-47-42(30-37)39-13-7-9-15-46(39)53-47)35-21-18-31(19-22-35)34-17-16-32-20-26-45-48(40(32)28-34)54-49(51-45)33-10-4-3-5-11-33/h3-30H,1-2H3. The van der Waals surface area contributed by atoms with Gasteiger partial charge in [-0.3, -0.25) is 0 Å². The maximum atomic E-state index is 6.40. The van der Waals surface area contributed by atoms with Gasteiger partial charge in [0.2, 0.25) is 5.89 Å². The third kappa shape index (κ3) is 4.66. The molecule has 1 aliphatic carbocycles. The third-order valence-corrected chi connectivity index (χ3v) is 11.3. The molecule has 1 aliphatic rings. The monoisotopic (exact) mass is 694 g/mol. The van der Waals surface area contributed by atoms with Crippen molar-refractivity contribution in [3.63, 3.8) is 0 Å². The number of hydrogen-bond acceptors (Lipinski definition) is 4. The molecule has 0 amide bonds. The lowest BCUT2D eigenvalue weighted by Crippen LogP contribution is -2.15. The number of nitrogens with zero attached hydrogens (tertiary/aromatic N) is 2. The minimum atomic E-state index is -0.0637. The third-order valence-electron chi connectivity index (χ3n) is 11.3. The van der Waals surface area contributed by atoms with E-state index in [9.17, 15) is 0 Å². The fourth-order valence-corrected chi connectivity index (χ4v) is 8.54. The molecule has 0 atom stereocenters. The van der Waals surface area contributed by atoms with E-state index in [1.54, 1.807) is 0 Å². The number of fused-ring (bicyclic) bond motifs is 9. The van der Waals surface area contributed by atoms with Crippen LogP contribution >= 0.6 is 0 Å². The second kappa shape index (κ2) is 11.5. The van der Waals surface area contributed by atoms with Crippen LogP contribution in [0.1, 0.15) is 25.0 Å². The quantitative estimate of drug-likeness (QED) is 0.180. The van der Waals surface area contributed by atoms with E-state index < -0.39 is 0 Å². The van der Waals surface area contributed by atoms with Crippen molar-refractivity contribution in [1.82, 2.24) is 4.98 Å². The number of oxazole rings is 1. The average Bonchev–Trinajstić information content (AvgIpc) is 3.89. The van der Waals surface area contributed by atoms with Crippen LogP contribution in [0.15, 0.2) is 179 Å². The highest BCUT2D eigenvalue weighted by Crippen LogP contribution is 2.51. The second-order valence-corrected chi connectivity index (χ2v) is 14.8. The minimum absolute atomic E-state index is 0.0637. The molecular formula is C50H34N2O2. The Kier molecular flexibility index (Phi) is 6.56. The highest BCUT2D eigenvalue weighted by atomic mass is 16.3. The summed E-state index contributed by atoms with van der Waals surface area (Å²) in [4.78, 5) is 7.18. The molecule has 2 heterocycles. The van der Waals surface area contributed by atoms with E-state index in [0.717, 1.165) is 77.6 Å². The number of furan rings is 1. The summed E-state index contributed by atoms with van der Waals surface area (Å²) < 4.78 is 12.6. The number of para-hydroxylation sites is 1. The molecule has 0 radical (unpaired) electrons. The first kappa shape index (κ1) is 30.7. The van der Waals surface area contributed by atoms with Gasteiger partial charge in [-0.15, -0.1) is 0 Å². The van der Waals surface area contributed by atoms with E-state index in [2.05, 4.69) is 140 Å². The van der Waals surface area contributed by atoms with Crippen molar-refractivity contribution >= 4 is 60.9 Å². The van der Waals surface area contributed by atoms with E-state index in [0.29, 0.717) is 5.89 Å². The Morgan fingerprint density at radius 3 is 2.04 bits per heavy atom. The normalized spacial score (nSPS) is 13.1. The van der Waals surface area contributed by atoms with Gasteiger partial charge in [-0.25, -0.2) is 4.98 Å². The average molecular weight is 695 g/mol. The van der Waals surface area contributed by atoms with Gasteiger partial charge in [-0.1, -0.05) is 111 Å². The van der Waals surface area contributed by atoms with Gasteiger partial charge in [0.25, 0.3) is 0 Å². The van der Waals surface area contributed by atoms with Gasteiger partial charge in [-0.05, 0) is 112 Å². The van der Waals surface area contributed by atoms with Crippen molar-refractivity contribution in [3.8, 4) is 33.7 Å². The molecule has 2 aromatic heterocycles. The fraction of sp³-hybridized carbons (Fsp3) is 0.0600. The number of aromatic nitrogens is 1. The molecule has 4 heteroatoms. The molecule has 11 rings (SSSR count). The largest absolute Gasteiger partial charge is 0.456 e. The van der Waals surface area contributed by atoms with Gasteiger partial charge < -0.3 is 13.7 Å². The predicted molar refractivity (Wildman–Crippen MR) is 222 cm³/mol. The molecule has 0 bridgehead atoms. The van der Waals surface area contributed by atoms with Crippen LogP contribution in [0.4, 0.5) is 17.1 Å². The molecule has 0 saturated heterocycles. The first-order chi connectivity index (χ1) is 26.5. The predicted octanol–water partition coefficient (Wildman–Crippen LogP) is 14.0. The first-order valence-electron chi connectivity index (χ1n) is 18.4. The van der Waals surface area contributed by atoms with Crippen molar-refractivity contribution in [2.24, 2.45) is 0 Å². The van der Waals surface area contributed by atoms with Crippen LogP contribution in [0.3, 0.4) is 0 Å². The lowest BCUT2D eigenvalue weighted by Gasteiger charge is -2.27. The Labute approximate surface area is 312 Å². The molecule has 8 aromatic carbocycles. The summed E-state index contributed by atoms with van der Waals surface area (Å²) in [7, 11) is 0. The Bertz CT molecular complexity index is 3080. The number of anilines is 3. The van der Waals surface area contributed by atoms with Gasteiger partial charge >= 0.3 is 0 Å². The van der Waals surface area contributed by atoms with Crippen LogP contribution in [-0.4, -0.2) is 4.98 Å². The topological polar surface area (TPSA) is 42.4 Å². The summed E-state index contributed by atoms with van der Waals surface area (Å²) in [5, 5.41) is 4.38. The zero-order valence-corrected chi connectivity index (χ0v) is 29.9. The Balaban J connectivity index is 1.04. The highest BCUT2D eigenvalue weighted by molar-refractivity contribution is 6.07. The summed E-state index contributed by atoms with van der Waals surface area (Å²) in [5.41, 5.74) is 15.1. The van der Waals surface area contributed by atoms with Crippen LogP contribution < -0.4 is 4.90 Å². The summed E-state index contributed by atoms with van der Waals surface area (Å²) in [6.45, 7) is 4.66. The molecule has 0 fully saturated rings. The van der Waals surface area contributed by atoms with Gasteiger partial charge in [-0.2, -0.15) is 0 Å². The zero-order valence-electron chi connectivity index (χ0n) is 29.9. The lowest BCUT2D eigenvalue weighted by molar-refractivity contribution is 0.623. The van der Waals surface area contributed by atoms with Crippen molar-refractivity contribution in [2.45, 2.75) is 19.3 Å². The van der Waals surface area contributed by atoms with Gasteiger partial charge in [0, 0.05) is 44.2 Å². The fourth-order valence-electron chi connectivity index (χ4n) is 8.54. The van der Waals surface area contributed by atoms with E-state index in [4.69, 9.17) is 13.8 Å². The van der Waals surface area contributed by atoms with Gasteiger partial charge in [0.05, 0.1) is 0 Å². The Morgan fingerprint density at radius 2 is 1.15 bits per heavy atom. The van der Waals surface area contributed by atoms with Crippen molar-refractivity contribution in [1.29, 1.82) is 0 Å². The van der Waals surface area contributed by atoms with Gasteiger partial charge in [0.15, 0.2) is 5.58 Å². The van der Waals surface area contributed by atoms with Crippen LogP contribution in [0.25, 0.3) is 77.5 Å². The van der Waals surface area contributed by atoms with Gasteiger partial charge in [0.1, 0.15) is 16.7 Å². The molecule has 256 valence electrons. The zero-order chi connectivity index (χ0) is 36.0. The second-order valence-electron chi connectivity index (χ2n) is 14.8. The highest BCUT2D eigenvalue weighted by Gasteiger charge is 2.35. The maximum Gasteiger partial charge on any atom is 0.227 e. The SMILES string of the molecule is CC1(C)c2ccccc2-c2cc(N(c3ccc(-c4ccc5ccc6nc(-c7ccccc7)oc6c5c4)cc3)c3ccc4oc5ccccc5c4c3)ccc21. The number of benzene rings is 8. The van der Waals surface area contributed by atoms with E-state index in [1.165, 1.54) is 22.3 Å². The molecule has 0 saturated carbocycles. The summed E-state index contributed by atoms with van der Waals surface area (Å²) >= 11 is 0. The van der Waals surface area contributed by atoms with Crippen molar-refractivity contribution < 1.29 is 8.83 Å². The van der Waals surface area contributed by atoms with Crippen molar-refractivity contribution in [3.05, 3.63) is 181 Å². The molecule has 54 heavy (non-hydrogen) atoms. The van der Waals surface area contributed by atoms with E-state index >= 15 is 0 Å². The summed E-state index contributed by atoms with van der Waals surface area (Å²) in [6.07, 6.45) is 0. The van der Waals surface area contributed by atoms with Crippen LogP contribution in [0.5, 0.6) is 0 Å². The molecule has 4 nitrogen and oxygen atoms in total. The number of hydrogen-bond donors (Lipinski definition) is 0. The first-order valence-corrected chi connectivity index (χ1v) is 18.4. The molecular weight excluding hydrogens is 661 g/mol. The smallest absolute Gasteiger partial charge is 0.227 e. The molecule has 0 unspecified atom stereocenters. The molecule has 0 aliphatic heterocycles. The van der Waals surface area contributed by atoms with E-state index in [1.807, 2.05) is 48.5 Å². The Hall–Kier alpha value is -6.91. The minimum Gasteiger partial charge on any atom is -0.456 e. The van der Waals surface area contributed by atoms with E-state index in [-0.39, 0.29) is 5.41 Å². The van der Waals surface area contributed by atoms with Crippen LogP contribution in [0, 0.1) is 0 Å². The maximum absolute atomic E-state index is 6.40. The summed E-state index contributed by atoms with van der Waals surface area (Å²) in [5.74, 6) is 0.633. The van der Waals surface area contributed by atoms with Crippen LogP contribution in [-0.2, 0) is 5.41 Å². The number of rotatable bonds is 5. The summed E-state index contributed by atoms with van der Waals surface area (Å²) in [6, 6.07) is 60.3. The molecule has 0 N–H and O–H groups in total.